The summed E-state index contributed by atoms with van der Waals surface area (Å²) in [7, 11) is 0. The third-order valence-corrected chi connectivity index (χ3v) is 5.17. The summed E-state index contributed by atoms with van der Waals surface area (Å²) in [5.74, 6) is 1.40. The summed E-state index contributed by atoms with van der Waals surface area (Å²) >= 11 is 0. The normalized spacial score (nSPS) is 11.4. The molecule has 0 aliphatic heterocycles. The molecule has 32 heavy (non-hydrogen) atoms. The quantitative estimate of drug-likeness (QED) is 0.388. The first-order chi connectivity index (χ1) is 15.6. The summed E-state index contributed by atoms with van der Waals surface area (Å²) in [6.45, 7) is 4.58. The van der Waals surface area contributed by atoms with E-state index in [1.54, 1.807) is 16.9 Å². The Morgan fingerprint density at radius 1 is 1.03 bits per heavy atom. The van der Waals surface area contributed by atoms with Gasteiger partial charge in [-0.25, -0.2) is 9.67 Å². The van der Waals surface area contributed by atoms with Gasteiger partial charge in [0, 0.05) is 11.3 Å². The van der Waals surface area contributed by atoms with E-state index in [9.17, 15) is 5.11 Å². The second-order valence-electron chi connectivity index (χ2n) is 8.04. The number of pyridine rings is 2. The fraction of sp³-hybridized carbons (Fsp3) is 0.320. The zero-order chi connectivity index (χ0) is 22.5. The topological polar surface area (TPSA) is 99.1 Å². The molecule has 4 rings (SSSR count). The molecule has 0 fully saturated rings. The SMILES string of the molecule is CC(C)Oc1cc(-c2cccc(CCCCN)n2)cc2c1cnn2-c1cccc(CO)n1. The van der Waals surface area contributed by atoms with Crippen molar-refractivity contribution in [2.24, 2.45) is 5.73 Å². The Bertz CT molecular complexity index is 1200. The molecule has 0 bridgehead atoms. The van der Waals surface area contributed by atoms with Crippen molar-refractivity contribution in [3.63, 3.8) is 0 Å². The molecule has 0 aliphatic rings. The minimum absolute atomic E-state index is 0.0169. The number of unbranched alkanes of at least 4 members (excludes halogenated alkanes) is 1. The molecule has 0 saturated heterocycles. The number of aryl methyl sites for hydroxylation is 1. The van der Waals surface area contributed by atoms with Gasteiger partial charge in [-0.15, -0.1) is 0 Å². The van der Waals surface area contributed by atoms with Crippen LogP contribution < -0.4 is 10.5 Å². The Balaban J connectivity index is 1.82. The van der Waals surface area contributed by atoms with Crippen LogP contribution in [-0.4, -0.2) is 37.5 Å². The molecule has 166 valence electrons. The first kappa shape index (κ1) is 21.9. The average molecular weight is 432 g/mol. The maximum absolute atomic E-state index is 9.48. The zero-order valence-corrected chi connectivity index (χ0v) is 18.5. The van der Waals surface area contributed by atoms with Gasteiger partial charge in [-0.1, -0.05) is 12.1 Å². The van der Waals surface area contributed by atoms with Crippen molar-refractivity contribution in [2.45, 2.75) is 45.8 Å². The number of nitrogens with two attached hydrogens (primary N) is 1. The number of aliphatic hydroxyl groups is 1. The second kappa shape index (κ2) is 9.89. The van der Waals surface area contributed by atoms with Crippen LogP contribution in [-0.2, 0) is 13.0 Å². The molecule has 1 aromatic carbocycles. The van der Waals surface area contributed by atoms with E-state index in [1.807, 2.05) is 44.2 Å². The molecule has 3 N–H and O–H groups in total. The predicted molar refractivity (Wildman–Crippen MR) is 126 cm³/mol. The average Bonchev–Trinajstić information content (AvgIpc) is 3.23. The van der Waals surface area contributed by atoms with E-state index in [0.717, 1.165) is 52.9 Å². The third kappa shape index (κ3) is 4.79. The van der Waals surface area contributed by atoms with E-state index in [1.165, 1.54) is 0 Å². The number of aromatic nitrogens is 4. The van der Waals surface area contributed by atoms with Gasteiger partial charge in [0.25, 0.3) is 0 Å². The molecule has 3 heterocycles. The molecule has 0 aliphatic carbocycles. The number of hydrogen-bond acceptors (Lipinski definition) is 6. The van der Waals surface area contributed by atoms with Gasteiger partial charge in [0.1, 0.15) is 5.75 Å². The van der Waals surface area contributed by atoms with Gasteiger partial charge in [0.2, 0.25) is 0 Å². The lowest BCUT2D eigenvalue weighted by atomic mass is 10.1. The van der Waals surface area contributed by atoms with Crippen LogP contribution in [0.2, 0.25) is 0 Å². The van der Waals surface area contributed by atoms with Crippen molar-refractivity contribution in [1.29, 1.82) is 0 Å². The van der Waals surface area contributed by atoms with E-state index in [0.29, 0.717) is 18.1 Å². The minimum atomic E-state index is -0.124. The van der Waals surface area contributed by atoms with Gasteiger partial charge >= 0.3 is 0 Å². The van der Waals surface area contributed by atoms with E-state index in [4.69, 9.17) is 15.5 Å². The summed E-state index contributed by atoms with van der Waals surface area (Å²) in [5, 5.41) is 15.0. The number of nitrogens with zero attached hydrogens (tertiary/aromatic N) is 4. The maximum Gasteiger partial charge on any atom is 0.154 e. The molecule has 0 atom stereocenters. The molecule has 0 unspecified atom stereocenters. The Labute approximate surface area is 187 Å². The van der Waals surface area contributed by atoms with E-state index >= 15 is 0 Å². The summed E-state index contributed by atoms with van der Waals surface area (Å²) in [6, 6.07) is 15.7. The van der Waals surface area contributed by atoms with Crippen molar-refractivity contribution in [3.05, 3.63) is 66.1 Å². The molecule has 0 saturated carbocycles. The fourth-order valence-corrected chi connectivity index (χ4v) is 3.68. The van der Waals surface area contributed by atoms with Crippen molar-refractivity contribution in [1.82, 2.24) is 19.7 Å². The Kier molecular flexibility index (Phi) is 6.78. The van der Waals surface area contributed by atoms with Crippen LogP contribution in [0.25, 0.3) is 28.0 Å². The second-order valence-corrected chi connectivity index (χ2v) is 8.04. The number of rotatable bonds is 9. The smallest absolute Gasteiger partial charge is 0.154 e. The highest BCUT2D eigenvalue weighted by Gasteiger charge is 2.15. The van der Waals surface area contributed by atoms with Crippen LogP contribution in [0.5, 0.6) is 5.75 Å². The zero-order valence-electron chi connectivity index (χ0n) is 18.5. The molecule has 0 radical (unpaired) electrons. The highest BCUT2D eigenvalue weighted by molar-refractivity contribution is 5.90. The van der Waals surface area contributed by atoms with Gasteiger partial charge in [-0.05, 0) is 76.1 Å². The summed E-state index contributed by atoms with van der Waals surface area (Å²) < 4.78 is 7.91. The van der Waals surface area contributed by atoms with Crippen LogP contribution in [0.3, 0.4) is 0 Å². The largest absolute Gasteiger partial charge is 0.490 e. The number of benzene rings is 1. The monoisotopic (exact) mass is 431 g/mol. The molecule has 0 amide bonds. The van der Waals surface area contributed by atoms with E-state index in [-0.39, 0.29) is 12.7 Å². The maximum atomic E-state index is 9.48. The minimum Gasteiger partial charge on any atom is -0.490 e. The Hall–Kier alpha value is -3.29. The number of ether oxygens (including phenoxy) is 1. The van der Waals surface area contributed by atoms with Crippen LogP contribution in [0.1, 0.15) is 38.1 Å². The number of hydrogen-bond donors (Lipinski definition) is 2. The lowest BCUT2D eigenvalue weighted by Crippen LogP contribution is -2.06. The fourth-order valence-electron chi connectivity index (χ4n) is 3.68. The van der Waals surface area contributed by atoms with Crippen molar-refractivity contribution in [2.75, 3.05) is 6.54 Å². The van der Waals surface area contributed by atoms with Gasteiger partial charge in [-0.2, -0.15) is 5.10 Å². The van der Waals surface area contributed by atoms with E-state index < -0.39 is 0 Å². The third-order valence-electron chi connectivity index (χ3n) is 5.17. The van der Waals surface area contributed by atoms with Crippen LogP contribution in [0.4, 0.5) is 0 Å². The predicted octanol–water partition coefficient (Wildman–Crippen LogP) is 4.04. The van der Waals surface area contributed by atoms with Crippen LogP contribution in [0, 0.1) is 0 Å². The first-order valence-electron chi connectivity index (χ1n) is 11.0. The van der Waals surface area contributed by atoms with E-state index in [2.05, 4.69) is 22.2 Å². The molecule has 4 aromatic rings. The molecule has 7 nitrogen and oxygen atoms in total. The van der Waals surface area contributed by atoms with Crippen molar-refractivity contribution >= 4 is 10.9 Å². The summed E-state index contributed by atoms with van der Waals surface area (Å²) in [6.07, 6.45) is 4.72. The van der Waals surface area contributed by atoms with Gasteiger partial charge < -0.3 is 15.6 Å². The molecule has 3 aromatic heterocycles. The molecular weight excluding hydrogens is 402 g/mol. The lowest BCUT2D eigenvalue weighted by molar-refractivity contribution is 0.245. The molecular formula is C25H29N5O2. The summed E-state index contributed by atoms with van der Waals surface area (Å²) in [4.78, 5) is 9.40. The summed E-state index contributed by atoms with van der Waals surface area (Å²) in [5.41, 5.74) is 9.98. The molecule has 0 spiro atoms. The van der Waals surface area contributed by atoms with Crippen LogP contribution in [0.15, 0.2) is 54.7 Å². The highest BCUT2D eigenvalue weighted by atomic mass is 16.5. The lowest BCUT2D eigenvalue weighted by Gasteiger charge is -2.14. The van der Waals surface area contributed by atoms with Crippen molar-refractivity contribution in [3.8, 4) is 22.8 Å². The Morgan fingerprint density at radius 2 is 1.84 bits per heavy atom. The van der Waals surface area contributed by atoms with Crippen molar-refractivity contribution < 1.29 is 9.84 Å². The Morgan fingerprint density at radius 3 is 2.62 bits per heavy atom. The molecule has 7 heteroatoms. The number of aliphatic hydroxyl groups excluding tert-OH is 1. The van der Waals surface area contributed by atoms with Gasteiger partial charge in [-0.3, -0.25) is 4.98 Å². The standard InChI is InChI=1S/C25H29N5O2/c1-17(2)32-24-14-18(22-10-5-8-19(28-22)7-3-4-12-26)13-23-21(24)15-27-30(23)25-11-6-9-20(16-31)29-25/h5-6,8-11,13-15,17,31H,3-4,7,12,16,26H2,1-2H3. The van der Waals surface area contributed by atoms with Crippen LogP contribution >= 0.6 is 0 Å². The number of fused-ring (bicyclic) bond motifs is 1. The van der Waals surface area contributed by atoms with Gasteiger partial charge in [0.15, 0.2) is 5.82 Å². The highest BCUT2D eigenvalue weighted by Crippen LogP contribution is 2.33. The van der Waals surface area contributed by atoms with Gasteiger partial charge in [0.05, 0.1) is 41.2 Å². The first-order valence-corrected chi connectivity index (χ1v) is 11.0.